The first-order chi connectivity index (χ1) is 8.24. The standard InChI is InChI=1S/C9H6F3NO5/c1-17-8(14)6-3-2-5(13(15)16)4-7(6)18-9(10,11)12/h2-4H,1H3. The van der Waals surface area contributed by atoms with Crippen LogP contribution in [0.25, 0.3) is 0 Å². The quantitative estimate of drug-likeness (QED) is 0.476. The van der Waals surface area contributed by atoms with Gasteiger partial charge in [0.1, 0.15) is 5.56 Å². The van der Waals surface area contributed by atoms with Crippen LogP contribution in [0.3, 0.4) is 0 Å². The first-order valence-electron chi connectivity index (χ1n) is 4.37. The molecule has 0 atom stereocenters. The van der Waals surface area contributed by atoms with E-state index in [0.717, 1.165) is 19.2 Å². The van der Waals surface area contributed by atoms with E-state index < -0.39 is 34.3 Å². The number of hydrogen-bond donors (Lipinski definition) is 0. The fourth-order valence-corrected chi connectivity index (χ4v) is 1.11. The largest absolute Gasteiger partial charge is 0.573 e. The van der Waals surface area contributed by atoms with Crippen LogP contribution in [0, 0.1) is 10.1 Å². The molecular formula is C9H6F3NO5. The number of nitrogens with zero attached hydrogens (tertiary/aromatic N) is 1. The molecule has 1 rings (SSSR count). The lowest BCUT2D eigenvalue weighted by Gasteiger charge is -2.11. The molecule has 98 valence electrons. The maximum atomic E-state index is 12.1. The van der Waals surface area contributed by atoms with Gasteiger partial charge in [-0.1, -0.05) is 0 Å². The van der Waals surface area contributed by atoms with Crippen molar-refractivity contribution < 1.29 is 32.4 Å². The van der Waals surface area contributed by atoms with E-state index in [9.17, 15) is 28.1 Å². The Morgan fingerprint density at radius 3 is 2.44 bits per heavy atom. The Bertz CT molecular complexity index is 486. The van der Waals surface area contributed by atoms with Crippen LogP contribution in [-0.2, 0) is 4.74 Å². The highest BCUT2D eigenvalue weighted by atomic mass is 19.4. The number of benzene rings is 1. The summed E-state index contributed by atoms with van der Waals surface area (Å²) in [4.78, 5) is 20.7. The summed E-state index contributed by atoms with van der Waals surface area (Å²) >= 11 is 0. The van der Waals surface area contributed by atoms with Crippen LogP contribution in [0.2, 0.25) is 0 Å². The number of methoxy groups -OCH3 is 1. The second kappa shape index (κ2) is 4.90. The van der Waals surface area contributed by atoms with Crippen molar-refractivity contribution in [1.82, 2.24) is 0 Å². The zero-order valence-electron chi connectivity index (χ0n) is 8.85. The molecule has 0 heterocycles. The highest BCUT2D eigenvalue weighted by Crippen LogP contribution is 2.30. The zero-order chi connectivity index (χ0) is 13.9. The summed E-state index contributed by atoms with van der Waals surface area (Å²) in [5, 5.41) is 10.4. The topological polar surface area (TPSA) is 78.7 Å². The third-order valence-electron chi connectivity index (χ3n) is 1.81. The SMILES string of the molecule is COC(=O)c1ccc([N+](=O)[O-])cc1OC(F)(F)F. The predicted octanol–water partition coefficient (Wildman–Crippen LogP) is 2.28. The number of ether oxygens (including phenoxy) is 2. The maximum Gasteiger partial charge on any atom is 0.573 e. The molecule has 0 saturated heterocycles. The molecule has 0 aliphatic rings. The normalized spacial score (nSPS) is 10.9. The molecule has 0 aromatic heterocycles. The van der Waals surface area contributed by atoms with Gasteiger partial charge in [0.25, 0.3) is 5.69 Å². The van der Waals surface area contributed by atoms with Crippen LogP contribution in [0.1, 0.15) is 10.4 Å². The second-order valence-corrected chi connectivity index (χ2v) is 2.98. The molecule has 1 aromatic carbocycles. The molecule has 0 aliphatic heterocycles. The number of halogens is 3. The lowest BCUT2D eigenvalue weighted by atomic mass is 10.2. The summed E-state index contributed by atoms with van der Waals surface area (Å²) in [5.41, 5.74) is -1.19. The molecule has 18 heavy (non-hydrogen) atoms. The predicted molar refractivity (Wildman–Crippen MR) is 51.1 cm³/mol. The second-order valence-electron chi connectivity index (χ2n) is 2.98. The third-order valence-corrected chi connectivity index (χ3v) is 1.81. The van der Waals surface area contributed by atoms with Crippen molar-refractivity contribution in [2.45, 2.75) is 6.36 Å². The van der Waals surface area contributed by atoms with Crippen molar-refractivity contribution in [1.29, 1.82) is 0 Å². The fourth-order valence-electron chi connectivity index (χ4n) is 1.11. The van der Waals surface area contributed by atoms with Gasteiger partial charge >= 0.3 is 12.3 Å². The minimum Gasteiger partial charge on any atom is -0.465 e. The van der Waals surface area contributed by atoms with Crippen molar-refractivity contribution in [3.05, 3.63) is 33.9 Å². The Labute approximate surface area is 98.1 Å². The van der Waals surface area contributed by atoms with Crippen molar-refractivity contribution in [3.8, 4) is 5.75 Å². The van der Waals surface area contributed by atoms with Gasteiger partial charge in [-0.3, -0.25) is 10.1 Å². The molecule has 0 amide bonds. The van der Waals surface area contributed by atoms with Gasteiger partial charge < -0.3 is 9.47 Å². The number of non-ortho nitro benzene ring substituents is 1. The first-order valence-corrected chi connectivity index (χ1v) is 4.37. The summed E-state index contributed by atoms with van der Waals surface area (Å²) < 4.78 is 44.0. The third kappa shape index (κ3) is 3.34. The molecule has 1 aromatic rings. The number of nitro benzene ring substituents is 1. The van der Waals surface area contributed by atoms with Gasteiger partial charge in [0.2, 0.25) is 0 Å². The van der Waals surface area contributed by atoms with E-state index in [4.69, 9.17) is 0 Å². The summed E-state index contributed by atoms with van der Waals surface area (Å²) in [6, 6.07) is 2.19. The molecule has 0 unspecified atom stereocenters. The molecular weight excluding hydrogens is 259 g/mol. The van der Waals surface area contributed by atoms with Gasteiger partial charge in [-0.25, -0.2) is 4.79 Å². The van der Waals surface area contributed by atoms with Gasteiger partial charge in [-0.2, -0.15) is 0 Å². The highest BCUT2D eigenvalue weighted by Gasteiger charge is 2.34. The highest BCUT2D eigenvalue weighted by molar-refractivity contribution is 5.92. The number of hydrogen-bond acceptors (Lipinski definition) is 5. The van der Waals surface area contributed by atoms with Crippen molar-refractivity contribution in [2.24, 2.45) is 0 Å². The van der Waals surface area contributed by atoms with Crippen molar-refractivity contribution in [3.63, 3.8) is 0 Å². The first kappa shape index (κ1) is 13.7. The van der Waals surface area contributed by atoms with Crippen LogP contribution in [-0.4, -0.2) is 24.4 Å². The number of nitro groups is 1. The zero-order valence-corrected chi connectivity index (χ0v) is 8.85. The molecule has 0 saturated carbocycles. The Kier molecular flexibility index (Phi) is 3.74. The summed E-state index contributed by atoms with van der Waals surface area (Å²) in [6.07, 6.45) is -5.07. The molecule has 0 N–H and O–H groups in total. The molecule has 0 fully saturated rings. The van der Waals surface area contributed by atoms with Gasteiger partial charge in [0.15, 0.2) is 5.75 Å². The van der Waals surface area contributed by atoms with E-state index in [1.807, 2.05) is 0 Å². The van der Waals surface area contributed by atoms with Crippen LogP contribution in [0.5, 0.6) is 5.75 Å². The summed E-state index contributed by atoms with van der Waals surface area (Å²) in [6.45, 7) is 0. The molecule has 0 bridgehead atoms. The molecule has 6 nitrogen and oxygen atoms in total. The number of carbonyl (C=O) groups excluding carboxylic acids is 1. The summed E-state index contributed by atoms with van der Waals surface area (Å²) in [5.74, 6) is -2.08. The van der Waals surface area contributed by atoms with E-state index in [-0.39, 0.29) is 0 Å². The van der Waals surface area contributed by atoms with Gasteiger partial charge in [0, 0.05) is 6.07 Å². The number of alkyl halides is 3. The van der Waals surface area contributed by atoms with E-state index in [0.29, 0.717) is 6.07 Å². The molecule has 9 heteroatoms. The van der Waals surface area contributed by atoms with E-state index in [1.165, 1.54) is 0 Å². The van der Waals surface area contributed by atoms with E-state index in [2.05, 4.69) is 9.47 Å². The number of carbonyl (C=O) groups is 1. The van der Waals surface area contributed by atoms with Gasteiger partial charge in [0.05, 0.1) is 18.1 Å². The number of rotatable bonds is 3. The van der Waals surface area contributed by atoms with E-state index >= 15 is 0 Å². The van der Waals surface area contributed by atoms with Gasteiger partial charge in [-0.05, 0) is 6.07 Å². The van der Waals surface area contributed by atoms with Crippen molar-refractivity contribution >= 4 is 11.7 Å². The Morgan fingerprint density at radius 1 is 1.39 bits per heavy atom. The van der Waals surface area contributed by atoms with Crippen molar-refractivity contribution in [2.75, 3.05) is 7.11 Å². The van der Waals surface area contributed by atoms with E-state index in [1.54, 1.807) is 0 Å². The van der Waals surface area contributed by atoms with Crippen LogP contribution in [0.15, 0.2) is 18.2 Å². The smallest absolute Gasteiger partial charge is 0.465 e. The molecule has 0 aliphatic carbocycles. The summed E-state index contributed by atoms with van der Waals surface area (Å²) in [7, 11) is 0.959. The number of esters is 1. The van der Waals surface area contributed by atoms with Gasteiger partial charge in [-0.15, -0.1) is 13.2 Å². The Balaban J connectivity index is 3.26. The Hall–Kier alpha value is -2.32. The monoisotopic (exact) mass is 265 g/mol. The lowest BCUT2D eigenvalue weighted by Crippen LogP contribution is -2.19. The average Bonchev–Trinajstić information content (AvgIpc) is 2.25. The fraction of sp³-hybridized carbons (Fsp3) is 0.222. The van der Waals surface area contributed by atoms with Crippen LogP contribution >= 0.6 is 0 Å². The Morgan fingerprint density at radius 2 is 2.00 bits per heavy atom. The average molecular weight is 265 g/mol. The van der Waals surface area contributed by atoms with Crippen LogP contribution < -0.4 is 4.74 Å². The lowest BCUT2D eigenvalue weighted by molar-refractivity contribution is -0.385. The maximum absolute atomic E-state index is 12.1. The molecule has 0 spiro atoms. The van der Waals surface area contributed by atoms with Crippen LogP contribution in [0.4, 0.5) is 18.9 Å². The molecule has 0 radical (unpaired) electrons. The minimum atomic E-state index is -5.07. The minimum absolute atomic E-state index is 0.500.